The van der Waals surface area contributed by atoms with Crippen LogP contribution >= 0.6 is 0 Å². The summed E-state index contributed by atoms with van der Waals surface area (Å²) < 4.78 is 0. The van der Waals surface area contributed by atoms with E-state index in [1.165, 1.54) is 0 Å². The van der Waals surface area contributed by atoms with Crippen LogP contribution in [0.3, 0.4) is 0 Å². The molecule has 2 nitrogen and oxygen atoms in total. The first-order valence-corrected chi connectivity index (χ1v) is 2.73. The molecule has 1 heterocycles. The fraction of sp³-hybridized carbons (Fsp3) is 1.00. The lowest BCUT2D eigenvalue weighted by atomic mass is 10.2. The van der Waals surface area contributed by atoms with Crippen LogP contribution in [-0.4, -0.2) is 18.6 Å². The number of rotatable bonds is 0. The van der Waals surface area contributed by atoms with E-state index in [2.05, 4.69) is 12.2 Å². The fourth-order valence-electron chi connectivity index (χ4n) is 0.804. The molecular formula is C5H11N2. The maximum absolute atomic E-state index is 5.58. The minimum Gasteiger partial charge on any atom is -0.326 e. The first-order chi connectivity index (χ1) is 3.30. The predicted molar refractivity (Wildman–Crippen MR) is 29.1 cm³/mol. The van der Waals surface area contributed by atoms with Gasteiger partial charge in [0.2, 0.25) is 0 Å². The Morgan fingerprint density at radius 1 is 1.71 bits per heavy atom. The Morgan fingerprint density at radius 3 is 2.57 bits per heavy atom. The zero-order valence-corrected chi connectivity index (χ0v) is 4.59. The lowest BCUT2D eigenvalue weighted by Crippen LogP contribution is -2.29. The summed E-state index contributed by atoms with van der Waals surface area (Å²) in [5, 5.41) is 4.19. The molecular weight excluding hydrogens is 88.1 g/mol. The Bertz CT molecular complexity index is 55.1. The third kappa shape index (κ3) is 0.924. The molecule has 0 spiro atoms. The lowest BCUT2D eigenvalue weighted by molar-refractivity contribution is 0.580. The van der Waals surface area contributed by atoms with Crippen LogP contribution in [0.1, 0.15) is 13.3 Å². The van der Waals surface area contributed by atoms with E-state index in [0.717, 1.165) is 13.0 Å². The molecule has 0 bridgehead atoms. The number of hydrogen-bond acceptors (Lipinski definition) is 1. The van der Waals surface area contributed by atoms with E-state index in [1.807, 2.05) is 0 Å². The maximum Gasteiger partial charge on any atom is 0.0369 e. The molecule has 2 N–H and O–H groups in total. The Hall–Kier alpha value is -0.0800. The average Bonchev–Trinajstić information content (AvgIpc) is 1.91. The summed E-state index contributed by atoms with van der Waals surface area (Å²) in [5.74, 6) is 0. The second-order valence-electron chi connectivity index (χ2n) is 2.10. The normalized spacial score (nSPS) is 42.0. The number of hydrogen-bond donors (Lipinski definition) is 1. The highest BCUT2D eigenvalue weighted by Crippen LogP contribution is 2.03. The van der Waals surface area contributed by atoms with Crippen molar-refractivity contribution in [3.8, 4) is 0 Å². The van der Waals surface area contributed by atoms with Crippen LogP contribution in [0.2, 0.25) is 0 Å². The molecule has 1 aliphatic rings. The Morgan fingerprint density at radius 2 is 2.43 bits per heavy atom. The largest absolute Gasteiger partial charge is 0.326 e. The van der Waals surface area contributed by atoms with Gasteiger partial charge in [0.05, 0.1) is 0 Å². The van der Waals surface area contributed by atoms with Crippen molar-refractivity contribution in [2.45, 2.75) is 25.4 Å². The standard InChI is InChI=1S/C5H11N2/c1-4-5(6)2-3-7-4/h4-5H,2-3,6H2,1H3/t4-,5-/m0/s1. The van der Waals surface area contributed by atoms with Crippen LogP contribution in [0, 0.1) is 0 Å². The van der Waals surface area contributed by atoms with Gasteiger partial charge < -0.3 is 5.73 Å². The molecule has 1 fully saturated rings. The van der Waals surface area contributed by atoms with Crippen molar-refractivity contribution in [2.75, 3.05) is 6.54 Å². The number of nitrogens with zero attached hydrogens (tertiary/aromatic N) is 1. The molecule has 0 unspecified atom stereocenters. The van der Waals surface area contributed by atoms with E-state index in [0.29, 0.717) is 12.1 Å². The van der Waals surface area contributed by atoms with Gasteiger partial charge in [0, 0.05) is 18.6 Å². The molecule has 1 rings (SSSR count). The van der Waals surface area contributed by atoms with E-state index in [9.17, 15) is 0 Å². The van der Waals surface area contributed by atoms with Crippen molar-refractivity contribution >= 4 is 0 Å². The molecule has 1 saturated heterocycles. The molecule has 0 aromatic carbocycles. The van der Waals surface area contributed by atoms with Gasteiger partial charge in [-0.05, 0) is 13.3 Å². The third-order valence-electron chi connectivity index (χ3n) is 1.50. The summed E-state index contributed by atoms with van der Waals surface area (Å²) in [6.07, 6.45) is 1.08. The van der Waals surface area contributed by atoms with E-state index in [4.69, 9.17) is 5.73 Å². The minimum absolute atomic E-state index is 0.347. The highest BCUT2D eigenvalue weighted by atomic mass is 15.0. The number of nitrogens with two attached hydrogens (primary N) is 1. The lowest BCUT2D eigenvalue weighted by Gasteiger charge is -2.04. The first-order valence-electron chi connectivity index (χ1n) is 2.73. The summed E-state index contributed by atoms with van der Waals surface area (Å²) >= 11 is 0. The summed E-state index contributed by atoms with van der Waals surface area (Å²) in [6, 6.07) is 0.764. The van der Waals surface area contributed by atoms with Crippen LogP contribution in [0.15, 0.2) is 0 Å². The van der Waals surface area contributed by atoms with Gasteiger partial charge in [0.25, 0.3) is 0 Å². The molecule has 1 aliphatic heterocycles. The molecule has 0 aromatic heterocycles. The minimum atomic E-state index is 0.347. The first kappa shape index (κ1) is 5.06. The van der Waals surface area contributed by atoms with E-state index >= 15 is 0 Å². The molecule has 2 heteroatoms. The summed E-state index contributed by atoms with van der Waals surface area (Å²) in [6.45, 7) is 3.04. The van der Waals surface area contributed by atoms with Crippen molar-refractivity contribution in [3.63, 3.8) is 0 Å². The van der Waals surface area contributed by atoms with Crippen LogP contribution in [0.4, 0.5) is 0 Å². The topological polar surface area (TPSA) is 40.1 Å². The SMILES string of the molecule is C[C@@H]1[N]CC[C@@H]1N. The quantitative estimate of drug-likeness (QED) is 0.445. The van der Waals surface area contributed by atoms with Crippen molar-refractivity contribution < 1.29 is 0 Å². The summed E-state index contributed by atoms with van der Waals surface area (Å²) in [4.78, 5) is 0. The van der Waals surface area contributed by atoms with Gasteiger partial charge in [0.15, 0.2) is 0 Å². The third-order valence-corrected chi connectivity index (χ3v) is 1.50. The average molecular weight is 99.2 g/mol. The van der Waals surface area contributed by atoms with Gasteiger partial charge in [-0.1, -0.05) is 0 Å². The van der Waals surface area contributed by atoms with E-state index in [-0.39, 0.29) is 0 Å². The van der Waals surface area contributed by atoms with Gasteiger partial charge >= 0.3 is 0 Å². The fourth-order valence-corrected chi connectivity index (χ4v) is 0.804. The molecule has 0 saturated carbocycles. The van der Waals surface area contributed by atoms with Crippen LogP contribution in [0.5, 0.6) is 0 Å². The smallest absolute Gasteiger partial charge is 0.0369 e. The second-order valence-corrected chi connectivity index (χ2v) is 2.10. The van der Waals surface area contributed by atoms with Crippen LogP contribution in [-0.2, 0) is 0 Å². The van der Waals surface area contributed by atoms with Crippen molar-refractivity contribution in [3.05, 3.63) is 0 Å². The zero-order chi connectivity index (χ0) is 5.28. The molecule has 41 valence electrons. The highest BCUT2D eigenvalue weighted by Gasteiger charge is 2.18. The monoisotopic (exact) mass is 99.1 g/mol. The Labute approximate surface area is 44.1 Å². The van der Waals surface area contributed by atoms with Gasteiger partial charge in [-0.3, -0.25) is 0 Å². The summed E-state index contributed by atoms with van der Waals surface area (Å²) in [5.41, 5.74) is 5.58. The van der Waals surface area contributed by atoms with Crippen molar-refractivity contribution in [2.24, 2.45) is 5.73 Å². The Kier molecular flexibility index (Phi) is 1.30. The van der Waals surface area contributed by atoms with Gasteiger partial charge in [0.1, 0.15) is 0 Å². The summed E-state index contributed by atoms with van der Waals surface area (Å²) in [7, 11) is 0. The van der Waals surface area contributed by atoms with Crippen molar-refractivity contribution in [1.82, 2.24) is 5.32 Å². The van der Waals surface area contributed by atoms with Gasteiger partial charge in [-0.25, -0.2) is 5.32 Å². The van der Waals surface area contributed by atoms with Crippen LogP contribution in [0.25, 0.3) is 0 Å². The van der Waals surface area contributed by atoms with Crippen LogP contribution < -0.4 is 11.1 Å². The zero-order valence-electron chi connectivity index (χ0n) is 4.59. The molecule has 0 aromatic rings. The van der Waals surface area contributed by atoms with E-state index < -0.39 is 0 Å². The molecule has 7 heavy (non-hydrogen) atoms. The second kappa shape index (κ2) is 1.80. The predicted octanol–water partition coefficient (Wildman–Crippen LogP) is -0.290. The molecule has 1 radical (unpaired) electrons. The molecule has 0 amide bonds. The Balaban J connectivity index is 2.33. The van der Waals surface area contributed by atoms with Gasteiger partial charge in [-0.2, -0.15) is 0 Å². The highest BCUT2D eigenvalue weighted by molar-refractivity contribution is 4.81. The molecule has 2 atom stereocenters. The van der Waals surface area contributed by atoms with Crippen molar-refractivity contribution in [1.29, 1.82) is 0 Å². The maximum atomic E-state index is 5.58. The molecule has 0 aliphatic carbocycles. The van der Waals surface area contributed by atoms with E-state index in [1.54, 1.807) is 0 Å². The van der Waals surface area contributed by atoms with Gasteiger partial charge in [-0.15, -0.1) is 0 Å².